The zero-order valence-corrected chi connectivity index (χ0v) is 9.53. The van der Waals surface area contributed by atoms with E-state index in [0.717, 1.165) is 0 Å². The van der Waals surface area contributed by atoms with Crippen molar-refractivity contribution in [3.8, 4) is 0 Å². The zero-order valence-electron chi connectivity index (χ0n) is 8.72. The first kappa shape index (κ1) is 12.0. The highest BCUT2D eigenvalue weighted by molar-refractivity contribution is 7.99. The van der Waals surface area contributed by atoms with Gasteiger partial charge >= 0.3 is 0 Å². The smallest absolute Gasteiger partial charge is 0.0819 e. The van der Waals surface area contributed by atoms with Crippen LogP contribution in [0.25, 0.3) is 0 Å². The molecule has 0 aliphatic rings. The second kappa shape index (κ2) is 3.84. The largest absolute Gasteiger partial charge is 0.388 e. The third-order valence-electron chi connectivity index (χ3n) is 2.96. The second-order valence-electron chi connectivity index (χ2n) is 3.95. The molecule has 0 saturated heterocycles. The van der Waals surface area contributed by atoms with Gasteiger partial charge in [-0.2, -0.15) is 11.8 Å². The topological polar surface area (TPSA) is 20.2 Å². The monoisotopic (exact) mass is 188 g/mol. The van der Waals surface area contributed by atoms with Gasteiger partial charge in [0.15, 0.2) is 0 Å². The molecule has 0 rings (SSSR count). The van der Waals surface area contributed by atoms with Crippen LogP contribution in [-0.2, 0) is 0 Å². The first-order valence-corrected chi connectivity index (χ1v) is 5.47. The summed E-state index contributed by atoms with van der Waals surface area (Å²) in [5.41, 5.74) is -0.941. The first-order chi connectivity index (χ1) is 5.29. The van der Waals surface area contributed by atoms with E-state index < -0.39 is 5.60 Å². The summed E-state index contributed by atoms with van der Waals surface area (Å²) in [6, 6.07) is 0. The van der Waals surface area contributed by atoms with Crippen molar-refractivity contribution in [2.75, 3.05) is 6.26 Å². The molecule has 0 radical (unpaired) electrons. The highest BCUT2D eigenvalue weighted by Gasteiger charge is 2.41. The highest BCUT2D eigenvalue weighted by atomic mass is 32.2. The van der Waals surface area contributed by atoms with Gasteiger partial charge in [0.05, 0.1) is 5.60 Å². The normalized spacial score (nSPS) is 19.8. The van der Waals surface area contributed by atoms with E-state index >= 15 is 0 Å². The van der Waals surface area contributed by atoms with Gasteiger partial charge in [0, 0.05) is 10.7 Å². The molecular weight excluding hydrogens is 168 g/mol. The lowest BCUT2D eigenvalue weighted by atomic mass is 9.74. The summed E-state index contributed by atoms with van der Waals surface area (Å²) >= 11 is 1.68. The minimum atomic E-state index is -0.700. The summed E-state index contributed by atoms with van der Waals surface area (Å²) in [7, 11) is 0. The molecule has 0 amide bonds. The molecule has 2 heteroatoms. The second-order valence-corrected chi connectivity index (χ2v) is 5.13. The van der Waals surface area contributed by atoms with Crippen LogP contribution >= 0.6 is 11.8 Å². The zero-order chi connectivity index (χ0) is 9.99. The minimum Gasteiger partial charge on any atom is -0.388 e. The number of hydrogen-bond donors (Lipinski definition) is 1. The summed E-state index contributed by atoms with van der Waals surface area (Å²) in [5, 5.41) is 10.4. The third kappa shape index (κ3) is 2.05. The molecule has 0 fully saturated rings. The van der Waals surface area contributed by atoms with E-state index in [1.165, 1.54) is 0 Å². The maximum Gasteiger partial charge on any atom is 0.0819 e. The third-order valence-corrected chi connectivity index (χ3v) is 4.13. The van der Waals surface area contributed by atoms with E-state index in [1.807, 2.05) is 40.0 Å². The summed E-state index contributed by atoms with van der Waals surface area (Å²) in [6.45, 7) is 11.7. The molecule has 0 bridgehead atoms. The predicted molar refractivity (Wildman–Crippen MR) is 57.6 cm³/mol. The van der Waals surface area contributed by atoms with E-state index in [1.54, 1.807) is 11.8 Å². The molecule has 0 aromatic rings. The molecule has 2 atom stereocenters. The fourth-order valence-corrected chi connectivity index (χ4v) is 1.72. The fraction of sp³-hybridized carbons (Fsp3) is 0.800. The number of thioether (sulfide) groups is 1. The summed E-state index contributed by atoms with van der Waals surface area (Å²) in [6.07, 6.45) is 3.83. The quantitative estimate of drug-likeness (QED) is 0.685. The Hall–Kier alpha value is 0.0500. The summed E-state index contributed by atoms with van der Waals surface area (Å²) in [5.74, 6) is 0. The summed E-state index contributed by atoms with van der Waals surface area (Å²) < 4.78 is 0. The van der Waals surface area contributed by atoms with E-state index in [9.17, 15) is 5.11 Å². The Kier molecular flexibility index (Phi) is 3.86. The average molecular weight is 188 g/mol. The molecule has 72 valence electrons. The molecule has 0 aromatic carbocycles. The molecule has 2 unspecified atom stereocenters. The van der Waals surface area contributed by atoms with Crippen LogP contribution in [0.4, 0.5) is 0 Å². The molecule has 0 saturated carbocycles. The lowest BCUT2D eigenvalue weighted by molar-refractivity contribution is -0.0228. The molecular formula is C10H20OS. The van der Waals surface area contributed by atoms with Gasteiger partial charge in [0.1, 0.15) is 0 Å². The van der Waals surface area contributed by atoms with E-state index in [0.29, 0.717) is 0 Å². The average Bonchev–Trinajstić information content (AvgIpc) is 2.02. The Bertz CT molecular complexity index is 161. The van der Waals surface area contributed by atoms with Crippen LogP contribution in [0.15, 0.2) is 12.7 Å². The SMILES string of the molecule is C=CC(C)(C)C(C)(O)C(C)SC. The molecule has 1 N–H and O–H groups in total. The van der Waals surface area contributed by atoms with Gasteiger partial charge in [-0.05, 0) is 13.2 Å². The van der Waals surface area contributed by atoms with Gasteiger partial charge in [-0.3, -0.25) is 0 Å². The van der Waals surface area contributed by atoms with Crippen molar-refractivity contribution in [1.82, 2.24) is 0 Å². The maximum atomic E-state index is 10.2. The highest BCUT2D eigenvalue weighted by Crippen LogP contribution is 2.38. The number of hydrogen-bond acceptors (Lipinski definition) is 2. The molecule has 0 aromatic heterocycles. The van der Waals surface area contributed by atoms with Crippen molar-refractivity contribution in [2.45, 2.75) is 38.5 Å². The Morgan fingerprint density at radius 1 is 1.42 bits per heavy atom. The number of rotatable bonds is 4. The van der Waals surface area contributed by atoms with Gasteiger partial charge in [0.25, 0.3) is 0 Å². The standard InChI is InChI=1S/C10H20OS/c1-7-9(3,4)10(5,11)8(2)12-6/h7-8,11H,1H2,2-6H3. The molecule has 0 spiro atoms. The Morgan fingerprint density at radius 2 is 1.83 bits per heavy atom. The van der Waals surface area contributed by atoms with E-state index in [4.69, 9.17) is 0 Å². The lowest BCUT2D eigenvalue weighted by Crippen LogP contribution is -2.47. The number of aliphatic hydroxyl groups is 1. The molecule has 0 aliphatic carbocycles. The molecule has 1 nitrogen and oxygen atoms in total. The van der Waals surface area contributed by atoms with Crippen LogP contribution in [0.5, 0.6) is 0 Å². The van der Waals surface area contributed by atoms with E-state index in [2.05, 4.69) is 6.58 Å². The van der Waals surface area contributed by atoms with Crippen molar-refractivity contribution in [1.29, 1.82) is 0 Å². The van der Waals surface area contributed by atoms with Crippen molar-refractivity contribution in [3.63, 3.8) is 0 Å². The van der Waals surface area contributed by atoms with E-state index in [-0.39, 0.29) is 10.7 Å². The van der Waals surface area contributed by atoms with Crippen LogP contribution < -0.4 is 0 Å². The van der Waals surface area contributed by atoms with Crippen LogP contribution in [0.1, 0.15) is 27.7 Å². The Morgan fingerprint density at radius 3 is 2.08 bits per heavy atom. The summed E-state index contributed by atoms with van der Waals surface area (Å²) in [4.78, 5) is 0. The Labute approximate surface area is 80.3 Å². The first-order valence-electron chi connectivity index (χ1n) is 4.18. The Balaban J connectivity index is 4.70. The van der Waals surface area contributed by atoms with Crippen LogP contribution in [0.3, 0.4) is 0 Å². The van der Waals surface area contributed by atoms with Crippen molar-refractivity contribution < 1.29 is 5.11 Å². The van der Waals surface area contributed by atoms with Gasteiger partial charge in [0.2, 0.25) is 0 Å². The maximum absolute atomic E-state index is 10.2. The fourth-order valence-electron chi connectivity index (χ4n) is 0.960. The molecule has 0 heterocycles. The van der Waals surface area contributed by atoms with Gasteiger partial charge in [-0.25, -0.2) is 0 Å². The van der Waals surface area contributed by atoms with Gasteiger partial charge < -0.3 is 5.11 Å². The molecule has 0 aliphatic heterocycles. The predicted octanol–water partition coefficient (Wildman–Crippen LogP) is 2.70. The van der Waals surface area contributed by atoms with Crippen molar-refractivity contribution in [2.24, 2.45) is 5.41 Å². The van der Waals surface area contributed by atoms with Crippen molar-refractivity contribution >= 4 is 11.8 Å². The van der Waals surface area contributed by atoms with Crippen molar-refractivity contribution in [3.05, 3.63) is 12.7 Å². The lowest BCUT2D eigenvalue weighted by Gasteiger charge is -2.41. The van der Waals surface area contributed by atoms with Gasteiger partial charge in [-0.1, -0.05) is 26.8 Å². The minimum absolute atomic E-state index is 0.213. The molecule has 12 heavy (non-hydrogen) atoms. The van der Waals surface area contributed by atoms with Gasteiger partial charge in [-0.15, -0.1) is 6.58 Å². The van der Waals surface area contributed by atoms with Crippen LogP contribution in [-0.4, -0.2) is 22.2 Å². The van der Waals surface area contributed by atoms with Crippen LogP contribution in [0.2, 0.25) is 0 Å². The van der Waals surface area contributed by atoms with Crippen LogP contribution in [0, 0.1) is 5.41 Å².